The second-order valence-electron chi connectivity index (χ2n) is 2.27. The fourth-order valence-corrected chi connectivity index (χ4v) is 0.492. The van der Waals surface area contributed by atoms with Crippen LogP contribution >= 0.6 is 0 Å². The van der Waals surface area contributed by atoms with Gasteiger partial charge in [-0.05, 0) is 0 Å². The second kappa shape index (κ2) is 8.04. The van der Waals surface area contributed by atoms with Crippen LogP contribution in [0.2, 0.25) is 0 Å². The summed E-state index contributed by atoms with van der Waals surface area (Å²) in [5.41, 5.74) is 0. The van der Waals surface area contributed by atoms with E-state index in [-0.39, 0.29) is 13.0 Å². The lowest BCUT2D eigenvalue weighted by molar-refractivity contribution is -0.142. The van der Waals surface area contributed by atoms with Crippen molar-refractivity contribution >= 4 is 11.9 Å². The average molecular weight is 230 g/mol. The second-order valence-corrected chi connectivity index (χ2v) is 2.27. The Bertz CT molecular complexity index is 370. The highest BCUT2D eigenvalue weighted by molar-refractivity contribution is 5.81. The molecule has 16 heavy (non-hydrogen) atoms. The topological polar surface area (TPSA) is 107 Å². The molecule has 0 spiro atoms. The molecular weight excluding hydrogens is 220 g/mol. The number of carboxylic acids is 1. The van der Waals surface area contributed by atoms with Crippen molar-refractivity contribution in [3.8, 4) is 0 Å². The van der Waals surface area contributed by atoms with Gasteiger partial charge in [0.15, 0.2) is 0 Å². The van der Waals surface area contributed by atoms with Crippen LogP contribution in [0.15, 0.2) is 38.8 Å². The Morgan fingerprint density at radius 3 is 2.31 bits per heavy atom. The third-order valence-corrected chi connectivity index (χ3v) is 1.11. The number of carbonyl (C=O) groups excluding carboxylic acids is 1. The van der Waals surface area contributed by atoms with E-state index in [1.807, 2.05) is 0 Å². The number of hydrogen-bond acceptors (Lipinski definition) is 6. The highest BCUT2D eigenvalue weighted by Gasteiger charge is 1.98. The molecule has 0 unspecified atom stereocenters. The van der Waals surface area contributed by atoms with Crippen molar-refractivity contribution in [2.24, 2.45) is 0 Å². The highest BCUT2D eigenvalue weighted by atomic mass is 16.5. The van der Waals surface area contributed by atoms with Gasteiger partial charge in [0.2, 0.25) is 0 Å². The SMILES string of the molecule is C=CC(=O)OCCC(=O)O.O=c1occo1. The molecule has 0 aliphatic carbocycles. The average Bonchev–Trinajstić information content (AvgIpc) is 2.69. The minimum Gasteiger partial charge on any atom is -0.481 e. The zero-order valence-corrected chi connectivity index (χ0v) is 8.25. The number of ether oxygens (including phenoxy) is 1. The van der Waals surface area contributed by atoms with Gasteiger partial charge in [0, 0.05) is 6.08 Å². The van der Waals surface area contributed by atoms with Crippen LogP contribution in [0.5, 0.6) is 0 Å². The summed E-state index contributed by atoms with van der Waals surface area (Å²) in [4.78, 5) is 29.8. The monoisotopic (exact) mass is 230 g/mol. The summed E-state index contributed by atoms with van der Waals surface area (Å²) in [6.07, 6.45) is 3.19. The molecule has 1 aromatic heterocycles. The van der Waals surface area contributed by atoms with E-state index in [1.165, 1.54) is 12.5 Å². The third kappa shape index (κ3) is 8.30. The summed E-state index contributed by atoms with van der Waals surface area (Å²) in [5.74, 6) is -2.24. The maximum atomic E-state index is 10.3. The number of hydrogen-bond donors (Lipinski definition) is 1. The van der Waals surface area contributed by atoms with E-state index in [4.69, 9.17) is 5.11 Å². The minimum atomic E-state index is -0.989. The molecule has 0 aliphatic heterocycles. The van der Waals surface area contributed by atoms with Crippen LogP contribution in [0.3, 0.4) is 0 Å². The van der Waals surface area contributed by atoms with Gasteiger partial charge in [-0.1, -0.05) is 6.58 Å². The highest BCUT2D eigenvalue weighted by Crippen LogP contribution is 1.83. The van der Waals surface area contributed by atoms with Crippen LogP contribution in [0.25, 0.3) is 0 Å². The molecule has 0 saturated carbocycles. The number of carboxylic acid groups (broad SMARTS) is 1. The van der Waals surface area contributed by atoms with Crippen molar-refractivity contribution in [1.29, 1.82) is 0 Å². The van der Waals surface area contributed by atoms with Crippen LogP contribution < -0.4 is 5.82 Å². The Labute approximate surface area is 89.9 Å². The standard InChI is InChI=1S/C6H8O4.C3H2O3/c1-2-6(9)10-4-3-5(7)8;4-3-5-1-2-6-3/h2H,1,3-4H2,(H,7,8);1-2H. The first kappa shape index (κ1) is 13.7. The number of rotatable bonds is 4. The van der Waals surface area contributed by atoms with E-state index in [1.54, 1.807) is 0 Å². The van der Waals surface area contributed by atoms with Crippen LogP contribution in [-0.2, 0) is 14.3 Å². The van der Waals surface area contributed by atoms with Crippen molar-refractivity contribution in [2.45, 2.75) is 6.42 Å². The van der Waals surface area contributed by atoms with E-state index in [0.29, 0.717) is 0 Å². The molecule has 1 N–H and O–H groups in total. The molecular formula is C9H10O7. The first-order chi connectivity index (χ1) is 7.56. The Morgan fingerprint density at radius 1 is 1.44 bits per heavy atom. The Balaban J connectivity index is 0.000000315. The van der Waals surface area contributed by atoms with Crippen molar-refractivity contribution in [3.63, 3.8) is 0 Å². The molecule has 0 fully saturated rings. The van der Waals surface area contributed by atoms with Gasteiger partial charge in [0.05, 0.1) is 6.42 Å². The van der Waals surface area contributed by atoms with Crippen LogP contribution in [0.1, 0.15) is 6.42 Å². The van der Waals surface area contributed by atoms with Crippen LogP contribution in [0.4, 0.5) is 0 Å². The van der Waals surface area contributed by atoms with Crippen LogP contribution in [-0.4, -0.2) is 23.7 Å². The van der Waals surface area contributed by atoms with Gasteiger partial charge < -0.3 is 18.7 Å². The molecule has 0 radical (unpaired) electrons. The van der Waals surface area contributed by atoms with Crippen molar-refractivity contribution in [2.75, 3.05) is 6.61 Å². The number of carbonyl (C=O) groups is 2. The molecule has 1 heterocycles. The first-order valence-corrected chi connectivity index (χ1v) is 4.09. The summed E-state index contributed by atoms with van der Waals surface area (Å²) in [5, 5.41) is 8.08. The lowest BCUT2D eigenvalue weighted by Crippen LogP contribution is -2.06. The maximum Gasteiger partial charge on any atom is 0.518 e. The molecule has 0 atom stereocenters. The Kier molecular flexibility index (Phi) is 6.88. The van der Waals surface area contributed by atoms with E-state index >= 15 is 0 Å². The summed E-state index contributed by atoms with van der Waals surface area (Å²) >= 11 is 0. The normalized spacial score (nSPS) is 8.50. The molecule has 0 bridgehead atoms. The van der Waals surface area contributed by atoms with E-state index in [0.717, 1.165) is 6.08 Å². The van der Waals surface area contributed by atoms with Gasteiger partial charge in [-0.3, -0.25) is 4.79 Å². The molecule has 1 aromatic rings. The third-order valence-electron chi connectivity index (χ3n) is 1.11. The number of esters is 1. The molecule has 1 rings (SSSR count). The summed E-state index contributed by atoms with van der Waals surface area (Å²) in [6.45, 7) is 3.04. The summed E-state index contributed by atoms with van der Waals surface area (Å²) < 4.78 is 12.6. The van der Waals surface area contributed by atoms with Gasteiger partial charge in [0.1, 0.15) is 19.1 Å². The quantitative estimate of drug-likeness (QED) is 0.590. The summed E-state index contributed by atoms with van der Waals surface area (Å²) in [6, 6.07) is 0. The fraction of sp³-hybridized carbons (Fsp3) is 0.222. The van der Waals surface area contributed by atoms with Crippen molar-refractivity contribution in [3.05, 3.63) is 35.8 Å². The van der Waals surface area contributed by atoms with Crippen molar-refractivity contribution < 1.29 is 28.3 Å². The van der Waals surface area contributed by atoms with E-state index in [9.17, 15) is 14.4 Å². The van der Waals surface area contributed by atoms with Gasteiger partial charge in [0.25, 0.3) is 0 Å². The molecule has 0 amide bonds. The molecule has 0 aromatic carbocycles. The molecule has 88 valence electrons. The molecule has 7 heteroatoms. The molecule has 0 aliphatic rings. The first-order valence-electron chi connectivity index (χ1n) is 4.09. The zero-order valence-electron chi connectivity index (χ0n) is 8.25. The lowest BCUT2D eigenvalue weighted by atomic mass is 10.5. The van der Waals surface area contributed by atoms with Gasteiger partial charge in [-0.15, -0.1) is 0 Å². The maximum absolute atomic E-state index is 10.3. The van der Waals surface area contributed by atoms with Gasteiger partial charge in [-0.2, -0.15) is 0 Å². The number of aliphatic carboxylic acids is 1. The molecule has 7 nitrogen and oxygen atoms in total. The smallest absolute Gasteiger partial charge is 0.481 e. The van der Waals surface area contributed by atoms with E-state index < -0.39 is 17.8 Å². The Morgan fingerprint density at radius 2 is 2.00 bits per heavy atom. The summed E-state index contributed by atoms with van der Waals surface area (Å²) in [7, 11) is 0. The van der Waals surface area contributed by atoms with Crippen molar-refractivity contribution in [1.82, 2.24) is 0 Å². The van der Waals surface area contributed by atoms with E-state index in [2.05, 4.69) is 20.2 Å². The molecule has 0 saturated heterocycles. The largest absolute Gasteiger partial charge is 0.518 e. The predicted octanol–water partition coefficient (Wildman–Crippen LogP) is 0.423. The Hall–Kier alpha value is -2.31. The lowest BCUT2D eigenvalue weighted by Gasteiger charge is -1.96. The van der Waals surface area contributed by atoms with Gasteiger partial charge in [-0.25, -0.2) is 9.59 Å². The minimum absolute atomic E-state index is 0.0970. The zero-order chi connectivity index (χ0) is 12.4. The fourth-order valence-electron chi connectivity index (χ4n) is 0.492. The van der Waals surface area contributed by atoms with Gasteiger partial charge >= 0.3 is 17.8 Å². The van der Waals surface area contributed by atoms with Crippen LogP contribution in [0, 0.1) is 0 Å². The predicted molar refractivity (Wildman–Crippen MR) is 50.7 cm³/mol.